The highest BCUT2D eigenvalue weighted by Crippen LogP contribution is 2.36. The molecular formula is C12H16F6O4. The number of alkyl halides is 6. The summed E-state index contributed by atoms with van der Waals surface area (Å²) in [6.45, 7) is 5.34. The first-order chi connectivity index (χ1) is 9.63. The summed E-state index contributed by atoms with van der Waals surface area (Å²) in [6, 6.07) is 0. The highest BCUT2D eigenvalue weighted by Gasteiger charge is 2.60. The van der Waals surface area contributed by atoms with Crippen molar-refractivity contribution >= 4 is 11.9 Å². The lowest BCUT2D eigenvalue weighted by Crippen LogP contribution is -2.47. The van der Waals surface area contributed by atoms with Gasteiger partial charge in [0.25, 0.3) is 6.10 Å². The highest BCUT2D eigenvalue weighted by molar-refractivity contribution is 5.81. The van der Waals surface area contributed by atoms with Crippen molar-refractivity contribution < 1.29 is 45.4 Å². The molecule has 0 aliphatic rings. The van der Waals surface area contributed by atoms with Crippen LogP contribution in [0, 0.1) is 5.41 Å². The minimum atomic E-state index is -5.82. The lowest BCUT2D eigenvalue weighted by atomic mass is 9.90. The van der Waals surface area contributed by atoms with Crippen LogP contribution in [-0.4, -0.2) is 36.5 Å². The molecule has 0 rings (SSSR count). The number of hydrogen-bond acceptors (Lipinski definition) is 4. The van der Waals surface area contributed by atoms with Crippen molar-refractivity contribution in [2.75, 3.05) is 0 Å². The maximum Gasteiger partial charge on any atom is 0.434 e. The Morgan fingerprint density at radius 3 is 1.68 bits per heavy atom. The van der Waals surface area contributed by atoms with Gasteiger partial charge in [-0.1, -0.05) is 6.92 Å². The molecule has 0 aromatic rings. The van der Waals surface area contributed by atoms with E-state index in [1.54, 1.807) is 6.92 Å². The molecule has 1 atom stereocenters. The molecule has 10 heteroatoms. The molecule has 0 fully saturated rings. The summed E-state index contributed by atoms with van der Waals surface area (Å²) in [7, 11) is 0. The Kier molecular flexibility index (Phi) is 6.29. The molecule has 1 unspecified atom stereocenters. The van der Waals surface area contributed by atoms with Gasteiger partial charge in [0.2, 0.25) is 0 Å². The summed E-state index contributed by atoms with van der Waals surface area (Å²) >= 11 is 0. The number of carbonyl (C=O) groups excluding carboxylic acids is 2. The van der Waals surface area contributed by atoms with Crippen LogP contribution in [0.25, 0.3) is 0 Å². The Bertz CT molecular complexity index is 399. The molecular weight excluding hydrogens is 322 g/mol. The first-order valence-electron chi connectivity index (χ1n) is 6.18. The summed E-state index contributed by atoms with van der Waals surface area (Å²) in [5.41, 5.74) is -1.04. The molecule has 0 aromatic carbocycles. The standard InChI is InChI=1S/C12H16F6O4/c1-5-10(3,4)9(20)21-6(2)7(19)22-8(11(13,14)15)12(16,17)18/h6,8H,5H2,1-4H3. The molecule has 0 radical (unpaired) electrons. The predicted octanol–water partition coefficient (Wildman–Crippen LogP) is 3.39. The number of hydrogen-bond donors (Lipinski definition) is 0. The predicted molar refractivity (Wildman–Crippen MR) is 61.6 cm³/mol. The SMILES string of the molecule is CCC(C)(C)C(=O)OC(C)C(=O)OC(C(F)(F)F)C(F)(F)F. The average molecular weight is 338 g/mol. The molecule has 130 valence electrons. The van der Waals surface area contributed by atoms with Crippen LogP contribution in [0.5, 0.6) is 0 Å². The molecule has 0 aliphatic carbocycles. The third kappa shape index (κ3) is 5.72. The van der Waals surface area contributed by atoms with Gasteiger partial charge in [-0.25, -0.2) is 4.79 Å². The van der Waals surface area contributed by atoms with Crippen molar-refractivity contribution in [1.82, 2.24) is 0 Å². The number of halogens is 6. The molecule has 0 aliphatic heterocycles. The van der Waals surface area contributed by atoms with Crippen LogP contribution >= 0.6 is 0 Å². The average Bonchev–Trinajstić information content (AvgIpc) is 2.32. The summed E-state index contributed by atoms with van der Waals surface area (Å²) in [5, 5.41) is 0. The van der Waals surface area contributed by atoms with Crippen molar-refractivity contribution in [3.05, 3.63) is 0 Å². The molecule has 0 heterocycles. The summed E-state index contributed by atoms with van der Waals surface area (Å²) in [4.78, 5) is 22.9. The van der Waals surface area contributed by atoms with Crippen LogP contribution in [0.15, 0.2) is 0 Å². The maximum absolute atomic E-state index is 12.2. The lowest BCUT2D eigenvalue weighted by molar-refractivity contribution is -0.314. The zero-order valence-corrected chi connectivity index (χ0v) is 12.3. The molecule has 22 heavy (non-hydrogen) atoms. The fraction of sp³-hybridized carbons (Fsp3) is 0.833. The summed E-state index contributed by atoms with van der Waals surface area (Å²) in [5.74, 6) is -2.87. The topological polar surface area (TPSA) is 52.6 Å². The van der Waals surface area contributed by atoms with Gasteiger partial charge in [-0.05, 0) is 27.2 Å². The van der Waals surface area contributed by atoms with Crippen molar-refractivity contribution in [3.63, 3.8) is 0 Å². The van der Waals surface area contributed by atoms with E-state index in [0.29, 0.717) is 6.42 Å². The van der Waals surface area contributed by atoms with Crippen molar-refractivity contribution in [2.45, 2.75) is 58.7 Å². The Labute approximate surface area is 122 Å². The van der Waals surface area contributed by atoms with E-state index in [2.05, 4.69) is 9.47 Å². The zero-order valence-electron chi connectivity index (χ0n) is 12.3. The van der Waals surface area contributed by atoms with Crippen molar-refractivity contribution in [3.8, 4) is 0 Å². The molecule has 4 nitrogen and oxygen atoms in total. The van der Waals surface area contributed by atoms with Crippen LogP contribution in [0.2, 0.25) is 0 Å². The maximum atomic E-state index is 12.2. The third-order valence-electron chi connectivity index (χ3n) is 2.88. The lowest BCUT2D eigenvalue weighted by Gasteiger charge is -2.26. The van der Waals surface area contributed by atoms with E-state index in [-0.39, 0.29) is 0 Å². The van der Waals surface area contributed by atoms with Gasteiger partial charge in [0.15, 0.2) is 6.10 Å². The Balaban J connectivity index is 4.94. The molecule has 0 N–H and O–H groups in total. The van der Waals surface area contributed by atoms with Crippen LogP contribution in [0.3, 0.4) is 0 Å². The largest absolute Gasteiger partial charge is 0.450 e. The third-order valence-corrected chi connectivity index (χ3v) is 2.88. The molecule has 0 saturated heterocycles. The van der Waals surface area contributed by atoms with E-state index in [4.69, 9.17) is 0 Å². The highest BCUT2D eigenvalue weighted by atomic mass is 19.4. The minimum absolute atomic E-state index is 0.293. The molecule has 0 aromatic heterocycles. The Hall–Kier alpha value is -1.48. The normalized spacial score (nSPS) is 14.7. The van der Waals surface area contributed by atoms with Crippen LogP contribution in [-0.2, 0) is 19.1 Å². The smallest absolute Gasteiger partial charge is 0.434 e. The van der Waals surface area contributed by atoms with Crippen LogP contribution < -0.4 is 0 Å². The van der Waals surface area contributed by atoms with Gasteiger partial charge in [0, 0.05) is 0 Å². The molecule has 0 saturated carbocycles. The van der Waals surface area contributed by atoms with E-state index >= 15 is 0 Å². The van der Waals surface area contributed by atoms with Crippen LogP contribution in [0.4, 0.5) is 26.3 Å². The fourth-order valence-corrected chi connectivity index (χ4v) is 1.04. The Morgan fingerprint density at radius 2 is 1.36 bits per heavy atom. The van der Waals surface area contributed by atoms with Gasteiger partial charge < -0.3 is 9.47 Å². The number of carbonyl (C=O) groups is 2. The minimum Gasteiger partial charge on any atom is -0.450 e. The van der Waals surface area contributed by atoms with Gasteiger partial charge in [-0.3, -0.25) is 4.79 Å². The van der Waals surface area contributed by atoms with Gasteiger partial charge in [-0.2, -0.15) is 26.3 Å². The molecule has 0 bridgehead atoms. The molecule has 0 amide bonds. The van der Waals surface area contributed by atoms with Crippen LogP contribution in [0.1, 0.15) is 34.1 Å². The monoisotopic (exact) mass is 338 g/mol. The van der Waals surface area contributed by atoms with E-state index in [9.17, 15) is 35.9 Å². The second-order valence-electron chi connectivity index (χ2n) is 5.19. The van der Waals surface area contributed by atoms with Crippen molar-refractivity contribution in [2.24, 2.45) is 5.41 Å². The van der Waals surface area contributed by atoms with E-state index in [0.717, 1.165) is 6.92 Å². The summed E-state index contributed by atoms with van der Waals surface area (Å²) in [6.07, 6.45) is -17.5. The quantitative estimate of drug-likeness (QED) is 0.570. The number of rotatable bonds is 5. The van der Waals surface area contributed by atoms with E-state index < -0.39 is 41.9 Å². The van der Waals surface area contributed by atoms with Gasteiger partial charge >= 0.3 is 24.3 Å². The zero-order chi connectivity index (χ0) is 17.9. The second-order valence-corrected chi connectivity index (χ2v) is 5.19. The number of esters is 2. The van der Waals surface area contributed by atoms with Gasteiger partial charge in [0.1, 0.15) is 0 Å². The van der Waals surface area contributed by atoms with E-state index in [1.807, 2.05) is 0 Å². The van der Waals surface area contributed by atoms with Crippen molar-refractivity contribution in [1.29, 1.82) is 0 Å². The summed E-state index contributed by atoms with van der Waals surface area (Å²) < 4.78 is 81.4. The van der Waals surface area contributed by atoms with E-state index in [1.165, 1.54) is 13.8 Å². The Morgan fingerprint density at radius 1 is 0.955 bits per heavy atom. The first kappa shape index (κ1) is 20.5. The number of ether oxygens (including phenoxy) is 2. The second kappa shape index (κ2) is 6.74. The molecule has 0 spiro atoms. The first-order valence-corrected chi connectivity index (χ1v) is 6.18. The van der Waals surface area contributed by atoms with Gasteiger partial charge in [-0.15, -0.1) is 0 Å². The van der Waals surface area contributed by atoms with Gasteiger partial charge in [0.05, 0.1) is 5.41 Å². The fourth-order valence-electron chi connectivity index (χ4n) is 1.04.